The number of ether oxygens (including phenoxy) is 2. The smallest absolute Gasteiger partial charge is 0.467 e. The minimum Gasteiger partial charge on any atom is -0.475 e. The molecule has 0 fully saturated rings. The number of benzene rings is 1. The zero-order valence-corrected chi connectivity index (χ0v) is 11.7. The molecular formula is C11H9BrFO4S+. The Balaban J connectivity index is 2.45. The molecule has 0 N–H and O–H groups in total. The molecule has 96 valence electrons. The van der Waals surface area contributed by atoms with Crippen LogP contribution in [0.15, 0.2) is 16.6 Å². The van der Waals surface area contributed by atoms with Crippen LogP contribution in [0.25, 0.3) is 0 Å². The third-order valence-electron chi connectivity index (χ3n) is 2.65. The number of methoxy groups -OCH3 is 1. The van der Waals surface area contributed by atoms with E-state index in [0.29, 0.717) is 21.7 Å². The van der Waals surface area contributed by atoms with E-state index in [-0.39, 0.29) is 12.2 Å². The Kier molecular flexibility index (Phi) is 3.91. The van der Waals surface area contributed by atoms with E-state index in [2.05, 4.69) is 20.7 Å². The van der Waals surface area contributed by atoms with Crippen LogP contribution >= 0.6 is 15.9 Å². The molecule has 1 aromatic carbocycles. The fourth-order valence-corrected chi connectivity index (χ4v) is 2.80. The van der Waals surface area contributed by atoms with Crippen LogP contribution in [-0.2, 0) is 25.4 Å². The van der Waals surface area contributed by atoms with Gasteiger partial charge in [-0.05, 0) is 12.1 Å². The quantitative estimate of drug-likeness (QED) is 0.615. The number of rotatable bonds is 2. The first-order chi connectivity index (χ1) is 8.56. The molecule has 0 radical (unpaired) electrons. The monoisotopic (exact) mass is 335 g/mol. The summed E-state index contributed by atoms with van der Waals surface area (Å²) in [6.45, 7) is 0. The Hall–Kier alpha value is -1.08. The van der Waals surface area contributed by atoms with Crippen molar-refractivity contribution in [3.63, 3.8) is 0 Å². The summed E-state index contributed by atoms with van der Waals surface area (Å²) in [4.78, 5) is 11.4. The van der Waals surface area contributed by atoms with Gasteiger partial charge in [0.05, 0.1) is 19.1 Å². The maximum Gasteiger partial charge on any atom is 0.467 e. The predicted octanol–water partition coefficient (Wildman–Crippen LogP) is 2.38. The molecule has 0 amide bonds. The molecule has 2 rings (SSSR count). The number of carbonyl (C=O) groups is 1. The lowest BCUT2D eigenvalue weighted by Crippen LogP contribution is -2.34. The van der Waals surface area contributed by atoms with Crippen molar-refractivity contribution in [2.75, 3.05) is 7.11 Å². The largest absolute Gasteiger partial charge is 0.475 e. The molecule has 0 bridgehead atoms. The minimum atomic E-state index is -0.940. The number of halogens is 2. The lowest BCUT2D eigenvalue weighted by atomic mass is 10.0. The van der Waals surface area contributed by atoms with Gasteiger partial charge in [0.25, 0.3) is 5.25 Å². The van der Waals surface area contributed by atoms with Crippen molar-refractivity contribution in [2.24, 2.45) is 0 Å². The van der Waals surface area contributed by atoms with Crippen LogP contribution in [0.3, 0.4) is 0 Å². The number of carbonyl (C=O) groups excluding carboxylic acids is 1. The minimum absolute atomic E-state index is 0.0480. The van der Waals surface area contributed by atoms with Gasteiger partial charge in [0, 0.05) is 8.68 Å². The molecular weight excluding hydrogens is 327 g/mol. The van der Waals surface area contributed by atoms with Crippen LogP contribution in [0, 0.1) is 5.82 Å². The highest BCUT2D eigenvalue weighted by Gasteiger charge is 2.42. The Morgan fingerprint density at radius 3 is 2.94 bits per heavy atom. The van der Waals surface area contributed by atoms with Crippen LogP contribution in [0.4, 0.5) is 4.39 Å². The van der Waals surface area contributed by atoms with Crippen LogP contribution in [0.2, 0.25) is 0 Å². The summed E-state index contributed by atoms with van der Waals surface area (Å²) in [5.41, 5.74) is 0.460. The third kappa shape index (κ3) is 2.37. The van der Waals surface area contributed by atoms with Gasteiger partial charge in [0.15, 0.2) is 11.6 Å². The van der Waals surface area contributed by atoms with E-state index in [0.717, 1.165) is 0 Å². The van der Waals surface area contributed by atoms with Gasteiger partial charge in [-0.3, -0.25) is 0 Å². The van der Waals surface area contributed by atoms with Gasteiger partial charge in [-0.25, -0.2) is 9.18 Å². The Bertz CT molecular complexity index is 508. The summed E-state index contributed by atoms with van der Waals surface area (Å²) in [5.74, 6) is -1.26. The molecule has 2 unspecified atom stereocenters. The first-order valence-electron chi connectivity index (χ1n) is 5.09. The van der Waals surface area contributed by atoms with Crippen molar-refractivity contribution in [3.8, 4) is 5.75 Å². The fourth-order valence-electron chi connectivity index (χ4n) is 1.82. The summed E-state index contributed by atoms with van der Waals surface area (Å²) in [5, 5.41) is -0.537. The second-order valence-corrected chi connectivity index (χ2v) is 5.43. The van der Waals surface area contributed by atoms with Gasteiger partial charge in [-0.1, -0.05) is 15.9 Å². The van der Waals surface area contributed by atoms with Crippen LogP contribution < -0.4 is 4.74 Å². The van der Waals surface area contributed by atoms with Crippen LogP contribution in [0.1, 0.15) is 17.2 Å². The lowest BCUT2D eigenvalue weighted by Gasteiger charge is -2.24. The molecule has 1 aromatic rings. The van der Waals surface area contributed by atoms with E-state index in [1.165, 1.54) is 13.2 Å². The molecule has 0 spiro atoms. The van der Waals surface area contributed by atoms with Gasteiger partial charge >= 0.3 is 17.6 Å². The Labute approximate surface area is 115 Å². The van der Waals surface area contributed by atoms with E-state index in [1.54, 1.807) is 6.07 Å². The second-order valence-electron chi connectivity index (χ2n) is 3.76. The second kappa shape index (κ2) is 5.27. The van der Waals surface area contributed by atoms with Gasteiger partial charge in [-0.2, -0.15) is 0 Å². The highest BCUT2D eigenvalue weighted by molar-refractivity contribution is 9.10. The molecule has 4 nitrogen and oxygen atoms in total. The van der Waals surface area contributed by atoms with E-state index in [4.69, 9.17) is 4.74 Å². The van der Waals surface area contributed by atoms with Crippen molar-refractivity contribution in [2.45, 2.75) is 17.8 Å². The maximum absolute atomic E-state index is 13.8. The maximum atomic E-state index is 13.8. The van der Waals surface area contributed by atoms with Crippen molar-refractivity contribution in [1.29, 1.82) is 0 Å². The molecule has 1 aliphatic heterocycles. The Morgan fingerprint density at radius 2 is 2.33 bits per heavy atom. The van der Waals surface area contributed by atoms with E-state index < -0.39 is 23.1 Å². The molecule has 7 heteroatoms. The molecule has 0 aliphatic carbocycles. The molecule has 1 aliphatic rings. The van der Waals surface area contributed by atoms with E-state index >= 15 is 0 Å². The van der Waals surface area contributed by atoms with E-state index in [1.807, 2.05) is 0 Å². The summed E-state index contributed by atoms with van der Waals surface area (Å²) >= 11 is 3.47. The number of esters is 1. The number of hydrogen-bond donors (Lipinski definition) is 0. The standard InChI is InChI=1S/C11H9BrFO4S/c1-16-11(14)8-4-9(18-15)6-2-5(12)3-7(13)10(6)17-8/h2-3,8-9H,4H2,1H3/q+1. The van der Waals surface area contributed by atoms with Crippen molar-refractivity contribution in [3.05, 3.63) is 28.0 Å². The predicted molar refractivity (Wildman–Crippen MR) is 65.9 cm³/mol. The summed E-state index contributed by atoms with van der Waals surface area (Å²) in [6.07, 6.45) is -0.770. The molecule has 2 atom stereocenters. The molecule has 0 saturated heterocycles. The topological polar surface area (TPSA) is 52.6 Å². The summed E-state index contributed by atoms with van der Waals surface area (Å²) in [7, 11) is 1.22. The van der Waals surface area contributed by atoms with Crippen molar-refractivity contribution < 1.29 is 22.9 Å². The number of fused-ring (bicyclic) bond motifs is 1. The van der Waals surface area contributed by atoms with E-state index in [9.17, 15) is 13.4 Å². The normalized spacial score (nSPS) is 21.7. The fraction of sp³-hybridized carbons (Fsp3) is 0.364. The van der Waals surface area contributed by atoms with Gasteiger partial charge in [0.2, 0.25) is 6.10 Å². The molecule has 18 heavy (non-hydrogen) atoms. The van der Waals surface area contributed by atoms with Gasteiger partial charge in [-0.15, -0.1) is 0 Å². The highest BCUT2D eigenvalue weighted by atomic mass is 79.9. The van der Waals surface area contributed by atoms with Gasteiger partial charge < -0.3 is 9.47 Å². The summed E-state index contributed by atoms with van der Waals surface area (Å²) < 4.78 is 35.2. The third-order valence-corrected chi connectivity index (χ3v) is 3.79. The first kappa shape index (κ1) is 13.4. The molecule has 0 aromatic heterocycles. The molecule has 0 saturated carbocycles. The Morgan fingerprint density at radius 1 is 1.61 bits per heavy atom. The zero-order chi connectivity index (χ0) is 13.3. The van der Waals surface area contributed by atoms with Crippen LogP contribution in [-0.4, -0.2) is 19.2 Å². The van der Waals surface area contributed by atoms with Crippen LogP contribution in [0.5, 0.6) is 5.75 Å². The molecule has 1 heterocycles. The zero-order valence-electron chi connectivity index (χ0n) is 9.31. The lowest BCUT2D eigenvalue weighted by molar-refractivity contribution is -0.149. The van der Waals surface area contributed by atoms with Gasteiger partial charge in [0.1, 0.15) is 0 Å². The average Bonchev–Trinajstić information content (AvgIpc) is 2.36. The highest BCUT2D eigenvalue weighted by Crippen LogP contribution is 2.40. The van der Waals surface area contributed by atoms with Crippen molar-refractivity contribution in [1.82, 2.24) is 0 Å². The SMILES string of the molecule is COC(=O)C1CC([S+]=O)c2cc(Br)cc(F)c2O1. The summed E-state index contributed by atoms with van der Waals surface area (Å²) in [6, 6.07) is 2.85. The number of hydrogen-bond acceptors (Lipinski definition) is 4. The van der Waals surface area contributed by atoms with Crippen molar-refractivity contribution >= 4 is 33.6 Å². The average molecular weight is 336 g/mol. The first-order valence-corrected chi connectivity index (χ1v) is 6.68.